The quantitative estimate of drug-likeness (QED) is 0.679. The van der Waals surface area contributed by atoms with Gasteiger partial charge in [-0.05, 0) is 30.9 Å². The SMILES string of the molecule is CSc1nc(N)cc(N(C)c2cccc(C)c2)n1. The van der Waals surface area contributed by atoms with Crippen molar-refractivity contribution >= 4 is 29.1 Å². The fourth-order valence-corrected chi connectivity index (χ4v) is 2.04. The molecule has 0 saturated carbocycles. The maximum Gasteiger partial charge on any atom is 0.191 e. The van der Waals surface area contributed by atoms with E-state index in [4.69, 9.17) is 5.73 Å². The smallest absolute Gasteiger partial charge is 0.191 e. The highest BCUT2D eigenvalue weighted by Gasteiger charge is 2.08. The van der Waals surface area contributed by atoms with E-state index in [2.05, 4.69) is 29.0 Å². The molecule has 5 heteroatoms. The Hall–Kier alpha value is -1.75. The topological polar surface area (TPSA) is 55.0 Å². The number of hydrogen-bond acceptors (Lipinski definition) is 5. The van der Waals surface area contributed by atoms with Gasteiger partial charge >= 0.3 is 0 Å². The van der Waals surface area contributed by atoms with Gasteiger partial charge in [-0.25, -0.2) is 9.97 Å². The molecular formula is C13H16N4S. The third kappa shape index (κ3) is 2.73. The number of aromatic nitrogens is 2. The van der Waals surface area contributed by atoms with Gasteiger partial charge in [-0.15, -0.1) is 0 Å². The zero-order valence-corrected chi connectivity index (χ0v) is 11.5. The summed E-state index contributed by atoms with van der Waals surface area (Å²) in [5, 5.41) is 0.685. The minimum atomic E-state index is 0.490. The van der Waals surface area contributed by atoms with Crippen molar-refractivity contribution in [2.45, 2.75) is 12.1 Å². The van der Waals surface area contributed by atoms with Crippen LogP contribution in [0.15, 0.2) is 35.5 Å². The van der Waals surface area contributed by atoms with Crippen LogP contribution in [0, 0.1) is 6.92 Å². The summed E-state index contributed by atoms with van der Waals surface area (Å²) in [7, 11) is 1.97. The van der Waals surface area contributed by atoms with E-state index >= 15 is 0 Å². The molecule has 1 aromatic carbocycles. The van der Waals surface area contributed by atoms with Crippen LogP contribution in [0.1, 0.15) is 5.56 Å². The molecule has 0 fully saturated rings. The van der Waals surface area contributed by atoms with Gasteiger partial charge in [0.1, 0.15) is 11.6 Å². The Balaban J connectivity index is 2.39. The Morgan fingerprint density at radius 2 is 2.00 bits per heavy atom. The molecule has 0 aliphatic carbocycles. The van der Waals surface area contributed by atoms with E-state index < -0.39 is 0 Å². The molecule has 18 heavy (non-hydrogen) atoms. The Morgan fingerprint density at radius 3 is 2.67 bits per heavy atom. The highest BCUT2D eigenvalue weighted by molar-refractivity contribution is 7.98. The van der Waals surface area contributed by atoms with Gasteiger partial charge < -0.3 is 10.6 Å². The Labute approximate surface area is 111 Å². The average Bonchev–Trinajstić information content (AvgIpc) is 2.37. The van der Waals surface area contributed by atoms with Crippen molar-refractivity contribution in [2.75, 3.05) is 23.9 Å². The Morgan fingerprint density at radius 1 is 1.22 bits per heavy atom. The Kier molecular flexibility index (Phi) is 3.72. The second-order valence-electron chi connectivity index (χ2n) is 4.04. The third-order valence-electron chi connectivity index (χ3n) is 2.63. The molecule has 0 amide bonds. The molecule has 2 aromatic rings. The standard InChI is InChI=1S/C13H16N4S/c1-9-5-4-6-10(7-9)17(2)12-8-11(14)15-13(16-12)18-3/h4-8H,1-3H3,(H2,14,15,16). The molecule has 94 valence electrons. The van der Waals surface area contributed by atoms with Crippen LogP contribution < -0.4 is 10.6 Å². The van der Waals surface area contributed by atoms with E-state index in [1.165, 1.54) is 17.3 Å². The van der Waals surface area contributed by atoms with Crippen LogP contribution in [0.5, 0.6) is 0 Å². The van der Waals surface area contributed by atoms with Crippen molar-refractivity contribution in [1.82, 2.24) is 9.97 Å². The first-order valence-corrected chi connectivity index (χ1v) is 6.81. The predicted molar refractivity (Wildman–Crippen MR) is 77.5 cm³/mol. The molecule has 1 heterocycles. The van der Waals surface area contributed by atoms with Crippen LogP contribution in [0.25, 0.3) is 0 Å². The minimum Gasteiger partial charge on any atom is -0.383 e. The van der Waals surface area contributed by atoms with Gasteiger partial charge in [-0.1, -0.05) is 23.9 Å². The molecule has 0 saturated heterocycles. The molecule has 0 aliphatic rings. The van der Waals surface area contributed by atoms with E-state index in [0.29, 0.717) is 11.0 Å². The van der Waals surface area contributed by atoms with Gasteiger partial charge in [0.2, 0.25) is 0 Å². The Bertz CT molecular complexity index is 556. The molecular weight excluding hydrogens is 244 g/mol. The average molecular weight is 260 g/mol. The predicted octanol–water partition coefficient (Wildman–Crippen LogP) is 2.86. The number of hydrogen-bond donors (Lipinski definition) is 1. The fraction of sp³-hybridized carbons (Fsp3) is 0.231. The van der Waals surface area contributed by atoms with E-state index in [9.17, 15) is 0 Å². The van der Waals surface area contributed by atoms with Gasteiger partial charge in [0.05, 0.1) is 0 Å². The lowest BCUT2D eigenvalue weighted by atomic mass is 10.2. The molecule has 0 unspecified atom stereocenters. The monoisotopic (exact) mass is 260 g/mol. The number of anilines is 3. The summed E-state index contributed by atoms with van der Waals surface area (Å²) in [5.74, 6) is 1.29. The first-order valence-electron chi connectivity index (χ1n) is 5.59. The highest BCUT2D eigenvalue weighted by atomic mass is 32.2. The number of thioether (sulfide) groups is 1. The molecule has 0 spiro atoms. The lowest BCUT2D eigenvalue weighted by molar-refractivity contribution is 0.953. The lowest BCUT2D eigenvalue weighted by Crippen LogP contribution is -2.12. The number of nitrogens with two attached hydrogens (primary N) is 1. The van der Waals surface area contributed by atoms with Gasteiger partial charge in [-0.3, -0.25) is 0 Å². The van der Waals surface area contributed by atoms with Crippen LogP contribution in [-0.4, -0.2) is 23.3 Å². The summed E-state index contributed by atoms with van der Waals surface area (Å²) in [6.45, 7) is 2.07. The van der Waals surface area contributed by atoms with Crippen molar-refractivity contribution in [3.05, 3.63) is 35.9 Å². The molecule has 4 nitrogen and oxygen atoms in total. The van der Waals surface area contributed by atoms with Crippen molar-refractivity contribution in [1.29, 1.82) is 0 Å². The van der Waals surface area contributed by atoms with E-state index in [0.717, 1.165) is 11.5 Å². The largest absolute Gasteiger partial charge is 0.383 e. The van der Waals surface area contributed by atoms with Crippen LogP contribution >= 0.6 is 11.8 Å². The van der Waals surface area contributed by atoms with Crippen molar-refractivity contribution in [3.63, 3.8) is 0 Å². The molecule has 2 N–H and O–H groups in total. The summed E-state index contributed by atoms with van der Waals surface area (Å²) in [5.41, 5.74) is 8.09. The summed E-state index contributed by atoms with van der Waals surface area (Å²) in [4.78, 5) is 10.6. The summed E-state index contributed by atoms with van der Waals surface area (Å²) < 4.78 is 0. The second-order valence-corrected chi connectivity index (χ2v) is 4.81. The second kappa shape index (κ2) is 5.27. The van der Waals surface area contributed by atoms with Crippen LogP contribution in [-0.2, 0) is 0 Å². The van der Waals surface area contributed by atoms with Crippen molar-refractivity contribution in [3.8, 4) is 0 Å². The van der Waals surface area contributed by atoms with Crippen LogP contribution in [0.4, 0.5) is 17.3 Å². The van der Waals surface area contributed by atoms with Gasteiger partial charge in [0.25, 0.3) is 0 Å². The number of benzene rings is 1. The molecule has 2 rings (SSSR count). The minimum absolute atomic E-state index is 0.490. The fourth-order valence-electron chi connectivity index (χ4n) is 1.66. The zero-order valence-electron chi connectivity index (χ0n) is 10.7. The van der Waals surface area contributed by atoms with Crippen LogP contribution in [0.2, 0.25) is 0 Å². The first kappa shape index (κ1) is 12.7. The zero-order chi connectivity index (χ0) is 13.1. The van der Waals surface area contributed by atoms with E-state index in [-0.39, 0.29) is 0 Å². The number of aryl methyl sites for hydroxylation is 1. The maximum atomic E-state index is 5.79. The van der Waals surface area contributed by atoms with Crippen LogP contribution in [0.3, 0.4) is 0 Å². The summed E-state index contributed by atoms with van der Waals surface area (Å²) in [6, 6.07) is 10.0. The van der Waals surface area contributed by atoms with E-state index in [1.54, 1.807) is 6.07 Å². The molecule has 1 aromatic heterocycles. The van der Waals surface area contributed by atoms with Gasteiger partial charge in [0.15, 0.2) is 5.16 Å². The normalized spacial score (nSPS) is 10.4. The van der Waals surface area contributed by atoms with Gasteiger partial charge in [-0.2, -0.15) is 0 Å². The van der Waals surface area contributed by atoms with E-state index in [1.807, 2.05) is 30.3 Å². The molecule has 0 bridgehead atoms. The number of nitrogen functional groups attached to an aromatic ring is 1. The van der Waals surface area contributed by atoms with Crippen molar-refractivity contribution in [2.24, 2.45) is 0 Å². The van der Waals surface area contributed by atoms with Crippen molar-refractivity contribution < 1.29 is 0 Å². The first-order chi connectivity index (χ1) is 8.60. The summed E-state index contributed by atoms with van der Waals surface area (Å²) in [6.07, 6.45) is 1.94. The maximum absolute atomic E-state index is 5.79. The molecule has 0 aliphatic heterocycles. The molecule has 0 atom stereocenters. The highest BCUT2D eigenvalue weighted by Crippen LogP contribution is 2.25. The van der Waals surface area contributed by atoms with Gasteiger partial charge in [0, 0.05) is 18.8 Å². The third-order valence-corrected chi connectivity index (χ3v) is 3.17. The lowest BCUT2D eigenvalue weighted by Gasteiger charge is -2.19. The summed E-state index contributed by atoms with van der Waals surface area (Å²) >= 11 is 1.48. The molecule has 0 radical (unpaired) electrons. The number of rotatable bonds is 3. The number of nitrogens with zero attached hydrogens (tertiary/aromatic N) is 3.